The Labute approximate surface area is 149 Å². The number of amides is 1. The molecule has 1 heterocycles. The molecule has 25 heavy (non-hydrogen) atoms. The van der Waals surface area contributed by atoms with Gasteiger partial charge in [-0.25, -0.2) is 14.2 Å². The van der Waals surface area contributed by atoms with Gasteiger partial charge in [0.2, 0.25) is 0 Å². The molecule has 1 aromatic carbocycles. The van der Waals surface area contributed by atoms with Crippen LogP contribution >= 0.6 is 11.3 Å². The van der Waals surface area contributed by atoms with Crippen LogP contribution in [0.5, 0.6) is 5.75 Å². The number of esters is 1. The number of carbonyl (C=O) groups excluding carboxylic acids is 2. The van der Waals surface area contributed by atoms with Crippen molar-refractivity contribution in [3.05, 3.63) is 45.7 Å². The minimum atomic E-state index is -1.15. The van der Waals surface area contributed by atoms with Crippen LogP contribution in [0.1, 0.15) is 34.2 Å². The van der Waals surface area contributed by atoms with E-state index in [1.165, 1.54) is 42.7 Å². The third-order valence-electron chi connectivity index (χ3n) is 3.34. The molecule has 0 aliphatic heterocycles. The molecule has 6 nitrogen and oxygen atoms in total. The molecule has 134 valence electrons. The van der Waals surface area contributed by atoms with Gasteiger partial charge in [-0.3, -0.25) is 4.79 Å². The lowest BCUT2D eigenvalue weighted by Crippen LogP contribution is -2.50. The van der Waals surface area contributed by atoms with E-state index in [0.717, 1.165) is 0 Å². The normalized spacial score (nSPS) is 11.1. The van der Waals surface area contributed by atoms with Gasteiger partial charge in [0.05, 0.1) is 12.8 Å². The van der Waals surface area contributed by atoms with E-state index in [0.29, 0.717) is 21.3 Å². The minimum Gasteiger partial charge on any atom is -0.486 e. The third-order valence-corrected chi connectivity index (χ3v) is 4.47. The number of nitrogens with one attached hydrogen (secondary N) is 1. The maximum absolute atomic E-state index is 12.9. The SMILES string of the molecule is COC(=O)C(C)(C)NC(=O)c1sc(COc2ccc(F)cc2)nc1C. The monoisotopic (exact) mass is 366 g/mol. The molecular weight excluding hydrogens is 347 g/mol. The van der Waals surface area contributed by atoms with Gasteiger partial charge in [0.1, 0.15) is 33.6 Å². The fourth-order valence-corrected chi connectivity index (χ4v) is 2.92. The van der Waals surface area contributed by atoms with Crippen LogP contribution in [-0.4, -0.2) is 29.5 Å². The number of hydrogen-bond acceptors (Lipinski definition) is 6. The second kappa shape index (κ2) is 7.60. The predicted octanol–water partition coefficient (Wildman–Crippen LogP) is 2.85. The fourth-order valence-electron chi connectivity index (χ4n) is 2.05. The number of thiazole rings is 1. The van der Waals surface area contributed by atoms with Crippen molar-refractivity contribution in [1.29, 1.82) is 0 Å². The van der Waals surface area contributed by atoms with Crippen molar-refractivity contribution in [3.8, 4) is 5.75 Å². The average molecular weight is 366 g/mol. The predicted molar refractivity (Wildman–Crippen MR) is 91.1 cm³/mol. The highest BCUT2D eigenvalue weighted by Gasteiger charge is 2.32. The second-order valence-electron chi connectivity index (χ2n) is 5.84. The Kier molecular flexibility index (Phi) is 5.73. The lowest BCUT2D eigenvalue weighted by molar-refractivity contribution is -0.146. The van der Waals surface area contributed by atoms with Crippen molar-refractivity contribution in [3.63, 3.8) is 0 Å². The van der Waals surface area contributed by atoms with Gasteiger partial charge < -0.3 is 14.8 Å². The summed E-state index contributed by atoms with van der Waals surface area (Å²) in [6, 6.07) is 5.64. The van der Waals surface area contributed by atoms with E-state index in [9.17, 15) is 14.0 Å². The zero-order valence-corrected chi connectivity index (χ0v) is 15.2. The first kappa shape index (κ1) is 18.9. The number of methoxy groups -OCH3 is 1. The third kappa shape index (κ3) is 4.76. The van der Waals surface area contributed by atoms with Gasteiger partial charge in [0.15, 0.2) is 0 Å². The van der Waals surface area contributed by atoms with Crippen molar-refractivity contribution in [2.45, 2.75) is 32.9 Å². The van der Waals surface area contributed by atoms with E-state index >= 15 is 0 Å². The van der Waals surface area contributed by atoms with Crippen molar-refractivity contribution in [2.75, 3.05) is 7.11 Å². The molecule has 0 fully saturated rings. The van der Waals surface area contributed by atoms with Gasteiger partial charge in [-0.1, -0.05) is 0 Å². The van der Waals surface area contributed by atoms with E-state index in [4.69, 9.17) is 4.74 Å². The van der Waals surface area contributed by atoms with Crippen LogP contribution in [-0.2, 0) is 16.1 Å². The molecule has 0 spiro atoms. The summed E-state index contributed by atoms with van der Waals surface area (Å²) in [5.41, 5.74) is -0.603. The molecule has 1 N–H and O–H groups in total. The van der Waals surface area contributed by atoms with E-state index in [1.807, 2.05) is 0 Å². The standard InChI is InChI=1S/C17H19FN2O4S/c1-10-14(15(21)20-17(2,3)16(22)23-4)25-13(19-10)9-24-12-7-5-11(18)6-8-12/h5-8H,9H2,1-4H3,(H,20,21). The topological polar surface area (TPSA) is 77.5 Å². The number of nitrogens with zero attached hydrogens (tertiary/aromatic N) is 1. The Bertz CT molecular complexity index is 771. The molecule has 0 bridgehead atoms. The Morgan fingerprint density at radius 3 is 2.52 bits per heavy atom. The van der Waals surface area contributed by atoms with E-state index < -0.39 is 17.4 Å². The minimum absolute atomic E-state index is 0.158. The zero-order valence-electron chi connectivity index (χ0n) is 14.4. The smallest absolute Gasteiger partial charge is 0.330 e. The van der Waals surface area contributed by atoms with Crippen LogP contribution in [0.25, 0.3) is 0 Å². The zero-order chi connectivity index (χ0) is 18.6. The van der Waals surface area contributed by atoms with E-state index in [2.05, 4.69) is 15.0 Å². The number of rotatable bonds is 6. The van der Waals surface area contributed by atoms with Crippen molar-refractivity contribution in [1.82, 2.24) is 10.3 Å². The number of carbonyl (C=O) groups is 2. The largest absolute Gasteiger partial charge is 0.486 e. The molecule has 0 aliphatic carbocycles. The van der Waals surface area contributed by atoms with Crippen LogP contribution in [0, 0.1) is 12.7 Å². The Hall–Kier alpha value is -2.48. The maximum Gasteiger partial charge on any atom is 0.330 e. The number of benzene rings is 1. The second-order valence-corrected chi connectivity index (χ2v) is 6.92. The number of aryl methyl sites for hydroxylation is 1. The summed E-state index contributed by atoms with van der Waals surface area (Å²) < 4.78 is 23.1. The molecule has 1 amide bonds. The van der Waals surface area contributed by atoms with E-state index in [1.54, 1.807) is 20.8 Å². The van der Waals surface area contributed by atoms with Gasteiger partial charge in [0.25, 0.3) is 5.91 Å². The molecule has 2 aromatic rings. The molecule has 8 heteroatoms. The fraction of sp³-hybridized carbons (Fsp3) is 0.353. The van der Waals surface area contributed by atoms with Gasteiger partial charge in [-0.15, -0.1) is 11.3 Å². The molecule has 0 radical (unpaired) electrons. The number of ether oxygens (including phenoxy) is 2. The summed E-state index contributed by atoms with van der Waals surface area (Å²) in [7, 11) is 1.26. The molecule has 0 saturated heterocycles. The lowest BCUT2D eigenvalue weighted by atomic mass is 10.1. The van der Waals surface area contributed by atoms with Crippen molar-refractivity contribution in [2.24, 2.45) is 0 Å². The summed E-state index contributed by atoms with van der Waals surface area (Å²) in [4.78, 5) is 28.8. The van der Waals surface area contributed by atoms with Gasteiger partial charge in [0, 0.05) is 0 Å². The van der Waals surface area contributed by atoms with Crippen molar-refractivity contribution >= 4 is 23.2 Å². The molecule has 0 unspecified atom stereocenters. The quantitative estimate of drug-likeness (QED) is 0.796. The Morgan fingerprint density at radius 2 is 1.92 bits per heavy atom. The summed E-state index contributed by atoms with van der Waals surface area (Å²) in [5.74, 6) is -0.780. The van der Waals surface area contributed by atoms with Crippen LogP contribution < -0.4 is 10.1 Å². The first-order valence-corrected chi connectivity index (χ1v) is 8.30. The summed E-state index contributed by atoms with van der Waals surface area (Å²) >= 11 is 1.18. The first-order chi connectivity index (χ1) is 11.7. The van der Waals surface area contributed by atoms with Gasteiger partial charge >= 0.3 is 5.97 Å². The summed E-state index contributed by atoms with van der Waals surface area (Å²) in [5, 5.41) is 3.23. The molecule has 0 saturated carbocycles. The maximum atomic E-state index is 12.9. The van der Waals surface area contributed by atoms with Gasteiger partial charge in [-0.05, 0) is 45.0 Å². The molecule has 0 atom stereocenters. The first-order valence-electron chi connectivity index (χ1n) is 7.48. The molecule has 2 rings (SSSR count). The number of aromatic nitrogens is 1. The van der Waals surface area contributed by atoms with Crippen LogP contribution in [0.2, 0.25) is 0 Å². The molecule has 1 aromatic heterocycles. The average Bonchev–Trinajstić information content (AvgIpc) is 2.94. The Balaban J connectivity index is 2.05. The van der Waals surface area contributed by atoms with E-state index in [-0.39, 0.29) is 12.4 Å². The number of hydrogen-bond donors (Lipinski definition) is 1. The van der Waals surface area contributed by atoms with Gasteiger partial charge in [-0.2, -0.15) is 0 Å². The molecular formula is C17H19FN2O4S. The number of halogens is 1. The summed E-state index contributed by atoms with van der Waals surface area (Å²) in [6.45, 7) is 4.99. The van der Waals surface area contributed by atoms with Crippen molar-refractivity contribution < 1.29 is 23.5 Å². The van der Waals surface area contributed by atoms with Crippen LogP contribution in [0.15, 0.2) is 24.3 Å². The Morgan fingerprint density at radius 1 is 1.28 bits per heavy atom. The van der Waals surface area contributed by atoms with Crippen LogP contribution in [0.4, 0.5) is 4.39 Å². The lowest BCUT2D eigenvalue weighted by Gasteiger charge is -2.22. The highest BCUT2D eigenvalue weighted by atomic mass is 32.1. The van der Waals surface area contributed by atoms with Crippen LogP contribution in [0.3, 0.4) is 0 Å². The highest BCUT2D eigenvalue weighted by Crippen LogP contribution is 2.21. The molecule has 0 aliphatic rings. The highest BCUT2D eigenvalue weighted by molar-refractivity contribution is 7.13. The summed E-state index contributed by atoms with van der Waals surface area (Å²) in [6.07, 6.45) is 0.